The molecule has 20 heteroatoms. The van der Waals surface area contributed by atoms with Crippen LogP contribution in [0.1, 0.15) is 64.8 Å². The van der Waals surface area contributed by atoms with E-state index in [9.17, 15) is 0 Å². The zero-order chi connectivity index (χ0) is 52.4. The van der Waals surface area contributed by atoms with E-state index in [0.717, 1.165) is 41.8 Å². The second-order valence-corrected chi connectivity index (χ2v) is 19.0. The van der Waals surface area contributed by atoms with E-state index in [1.165, 1.54) is 19.3 Å². The number of aromatic nitrogens is 3. The van der Waals surface area contributed by atoms with Crippen LogP contribution in [0.4, 0.5) is 34.9 Å². The Morgan fingerprint density at radius 3 is 2.20 bits per heavy atom. The molecule has 1 unspecified atom stereocenters. The smallest absolute Gasteiger partial charge is 0.418 e. The lowest BCUT2D eigenvalue weighted by Gasteiger charge is -2.33. The van der Waals surface area contributed by atoms with Crippen molar-refractivity contribution in [3.63, 3.8) is 0 Å². The van der Waals surface area contributed by atoms with Crippen LogP contribution >= 0.6 is 11.6 Å². The quantitative estimate of drug-likeness (QED) is 0.0837. The van der Waals surface area contributed by atoms with Crippen molar-refractivity contribution >= 4 is 34.8 Å². The standard InChI is InChI=1S/C55H56ClF4N9O6/c1-32-22-43(67(25-35-8-16-40(71-4)17-9-35)26-36-10-18-41(72-5)19-11-36)66-50(47(32)55(58,59)60)45-48(56)51-46-52(49(45)57)75-44(74-29-38-13-12-37-28-73-21-20-68(37)38)27-69(54(46)65-31-63-51)33(2)42-24-61-30-64-53(42)62-23-34-6-14-39(70-3)15-7-34/h6-11,14-19,22,24,27,30,33,37-38,63H,12-13,20-21,23,25-26,28-29,31H2,1-5H3,(H,61,62,64)/t33?,37-,38-/m0/s1. The Hall–Kier alpha value is -7.35. The average molecular weight is 1050 g/mol. The van der Waals surface area contributed by atoms with Crippen molar-refractivity contribution in [3.05, 3.63) is 153 Å². The summed E-state index contributed by atoms with van der Waals surface area (Å²) in [4.78, 5) is 24.5. The van der Waals surface area contributed by atoms with Gasteiger partial charge in [-0.05, 0) is 91.4 Å². The Morgan fingerprint density at radius 1 is 0.907 bits per heavy atom. The average Bonchev–Trinajstić information content (AvgIpc) is 3.80. The highest BCUT2D eigenvalue weighted by Crippen LogP contribution is 2.51. The number of benzene rings is 4. The number of nitrogens with one attached hydrogen (secondary N) is 2. The predicted octanol–water partition coefficient (Wildman–Crippen LogP) is 10.8. The van der Waals surface area contributed by atoms with Crippen LogP contribution in [0.3, 0.4) is 0 Å². The summed E-state index contributed by atoms with van der Waals surface area (Å²) >= 11 is 7.32. The fourth-order valence-electron chi connectivity index (χ4n) is 10.2. The van der Waals surface area contributed by atoms with Gasteiger partial charge < -0.3 is 48.9 Å². The first-order valence-corrected chi connectivity index (χ1v) is 24.9. The fourth-order valence-corrected chi connectivity index (χ4v) is 10.5. The molecule has 10 rings (SSSR count). The van der Waals surface area contributed by atoms with Gasteiger partial charge in [0.05, 0.1) is 79.9 Å². The third-order valence-corrected chi connectivity index (χ3v) is 14.4. The third-order valence-electron chi connectivity index (χ3n) is 14.1. The molecule has 0 bridgehead atoms. The van der Waals surface area contributed by atoms with E-state index >= 15 is 17.6 Å². The number of hydrogen-bond donors (Lipinski definition) is 2. The molecule has 2 N–H and O–H groups in total. The van der Waals surface area contributed by atoms with Crippen molar-refractivity contribution in [3.8, 4) is 34.3 Å². The number of morpholine rings is 1. The Labute approximate surface area is 437 Å². The first-order valence-electron chi connectivity index (χ1n) is 24.6. The summed E-state index contributed by atoms with van der Waals surface area (Å²) in [5.74, 6) is 1.11. The van der Waals surface area contributed by atoms with Crippen molar-refractivity contribution in [1.82, 2.24) is 24.8 Å². The maximum atomic E-state index is 18.3. The van der Waals surface area contributed by atoms with Gasteiger partial charge in [-0.15, -0.1) is 0 Å². The van der Waals surface area contributed by atoms with Gasteiger partial charge in [-0.2, -0.15) is 13.2 Å². The summed E-state index contributed by atoms with van der Waals surface area (Å²) < 4.78 is 100. The molecule has 392 valence electrons. The predicted molar refractivity (Wildman–Crippen MR) is 277 cm³/mol. The summed E-state index contributed by atoms with van der Waals surface area (Å²) in [7, 11) is 4.73. The first-order chi connectivity index (χ1) is 36.3. The summed E-state index contributed by atoms with van der Waals surface area (Å²) in [6.07, 6.45) is 1.45. The Morgan fingerprint density at radius 2 is 1.56 bits per heavy atom. The number of rotatable bonds is 17. The minimum Gasteiger partial charge on any atom is -0.497 e. The lowest BCUT2D eigenvalue weighted by molar-refractivity contribution is -0.137. The molecule has 4 aliphatic rings. The van der Waals surface area contributed by atoms with E-state index in [4.69, 9.17) is 50.0 Å². The molecule has 3 atom stereocenters. The van der Waals surface area contributed by atoms with Gasteiger partial charge in [0, 0.05) is 50.0 Å². The SMILES string of the molecule is COc1ccc(CNc2ncncc2C(C)N2C=C(OC[C@@H]3CC[C@H]4COCCN43)Oc3c(F)c(-c4nc(N(Cc5ccc(OC)cc5)Cc5ccc(OC)cc5)cc(C)c4C(F)(F)F)c(Cl)c4c3C2=NCN4)cc1. The molecule has 2 fully saturated rings. The van der Waals surface area contributed by atoms with Gasteiger partial charge in [0.2, 0.25) is 0 Å². The second kappa shape index (κ2) is 21.9. The van der Waals surface area contributed by atoms with Crippen LogP contribution in [-0.2, 0) is 35.3 Å². The van der Waals surface area contributed by atoms with Crippen LogP contribution < -0.4 is 34.5 Å². The summed E-state index contributed by atoms with van der Waals surface area (Å²) in [6.45, 7) is 6.07. The third kappa shape index (κ3) is 10.7. The Balaban J connectivity index is 1.09. The minimum absolute atomic E-state index is 0.0111. The highest BCUT2D eigenvalue weighted by Gasteiger charge is 2.43. The van der Waals surface area contributed by atoms with Gasteiger partial charge in [0.1, 0.15) is 54.3 Å². The number of hydrogen-bond acceptors (Lipinski definition) is 15. The Bertz CT molecular complexity index is 3040. The topological polar surface area (TPSA) is 140 Å². The number of anilines is 3. The molecule has 75 heavy (non-hydrogen) atoms. The molecular formula is C55H56ClF4N9O6. The number of aryl methyl sites for hydroxylation is 1. The summed E-state index contributed by atoms with van der Waals surface area (Å²) in [6, 6.07) is 23.2. The van der Waals surface area contributed by atoms with Gasteiger partial charge in [-0.3, -0.25) is 4.90 Å². The number of ether oxygens (including phenoxy) is 6. The molecule has 15 nitrogen and oxygen atoms in total. The minimum atomic E-state index is -5.00. The Kier molecular flexibility index (Phi) is 14.9. The maximum Gasteiger partial charge on any atom is 0.418 e. The van der Waals surface area contributed by atoms with Gasteiger partial charge in [0.15, 0.2) is 11.6 Å². The number of nitrogens with zero attached hydrogens (tertiary/aromatic N) is 7. The number of pyridine rings is 1. The molecule has 0 radical (unpaired) electrons. The number of amidine groups is 1. The first kappa shape index (κ1) is 51.1. The molecule has 2 saturated heterocycles. The fraction of sp³-hybridized carbons (Fsp3) is 0.345. The maximum absolute atomic E-state index is 18.3. The molecule has 6 aromatic rings. The molecule has 0 aliphatic carbocycles. The number of alkyl halides is 3. The summed E-state index contributed by atoms with van der Waals surface area (Å²) in [5.41, 5.74) is 0.727. The van der Waals surface area contributed by atoms with Crippen LogP contribution in [0.5, 0.6) is 23.0 Å². The van der Waals surface area contributed by atoms with Gasteiger partial charge in [-0.25, -0.2) is 24.3 Å². The van der Waals surface area contributed by atoms with E-state index in [1.54, 1.807) is 62.9 Å². The van der Waals surface area contributed by atoms with Crippen LogP contribution in [0.15, 0.2) is 109 Å². The van der Waals surface area contributed by atoms with E-state index in [-0.39, 0.29) is 77.9 Å². The number of aliphatic imine (C=N–C) groups is 1. The second-order valence-electron chi connectivity index (χ2n) is 18.6. The molecule has 4 aliphatic heterocycles. The van der Waals surface area contributed by atoms with Crippen molar-refractivity contribution < 1.29 is 46.0 Å². The molecule has 0 spiro atoms. The van der Waals surface area contributed by atoms with E-state index in [1.807, 2.05) is 60.4 Å². The van der Waals surface area contributed by atoms with Crippen molar-refractivity contribution in [2.75, 3.05) is 69.9 Å². The molecule has 4 aromatic carbocycles. The van der Waals surface area contributed by atoms with Crippen LogP contribution in [0.25, 0.3) is 11.3 Å². The zero-order valence-corrected chi connectivity index (χ0v) is 42.8. The molecular weight excluding hydrogens is 994 g/mol. The summed E-state index contributed by atoms with van der Waals surface area (Å²) in [5, 5.41) is 6.23. The molecule has 2 aromatic heterocycles. The zero-order valence-electron chi connectivity index (χ0n) is 42.0. The van der Waals surface area contributed by atoms with Crippen LogP contribution in [0.2, 0.25) is 5.02 Å². The van der Waals surface area contributed by atoms with Crippen LogP contribution in [-0.4, -0.2) is 97.0 Å². The molecule has 0 amide bonds. The van der Waals surface area contributed by atoms with E-state index < -0.39 is 40.6 Å². The van der Waals surface area contributed by atoms with Crippen molar-refractivity contribution in [2.24, 2.45) is 4.99 Å². The number of methoxy groups -OCH3 is 3. The van der Waals surface area contributed by atoms with Crippen LogP contribution in [0, 0.1) is 12.7 Å². The molecule has 6 heterocycles. The van der Waals surface area contributed by atoms with Crippen molar-refractivity contribution in [2.45, 2.75) is 70.6 Å². The highest BCUT2D eigenvalue weighted by atomic mass is 35.5. The largest absolute Gasteiger partial charge is 0.497 e. The lowest BCUT2D eigenvalue weighted by atomic mass is 9.96. The lowest BCUT2D eigenvalue weighted by Crippen LogP contribution is -2.46. The highest BCUT2D eigenvalue weighted by molar-refractivity contribution is 6.37. The van der Waals surface area contributed by atoms with Gasteiger partial charge >= 0.3 is 12.1 Å². The van der Waals surface area contributed by atoms with Gasteiger partial charge in [0.25, 0.3) is 0 Å². The van der Waals surface area contributed by atoms with Gasteiger partial charge in [-0.1, -0.05) is 48.0 Å². The molecule has 0 saturated carbocycles. The number of halogens is 5. The monoisotopic (exact) mass is 1050 g/mol. The van der Waals surface area contributed by atoms with E-state index in [0.29, 0.717) is 42.6 Å². The van der Waals surface area contributed by atoms with E-state index in [2.05, 4.69) is 25.5 Å². The normalized spacial score (nSPS) is 17.5. The van der Waals surface area contributed by atoms with Crippen molar-refractivity contribution in [1.29, 1.82) is 0 Å². The number of fused-ring (bicyclic) bond motifs is 1.